The van der Waals surface area contributed by atoms with Crippen LogP contribution in [0.4, 0.5) is 17.3 Å². The predicted octanol–water partition coefficient (Wildman–Crippen LogP) is 3.81. The molecule has 31 heavy (non-hydrogen) atoms. The van der Waals surface area contributed by atoms with E-state index in [4.69, 9.17) is 4.98 Å². The number of benzene rings is 1. The van der Waals surface area contributed by atoms with Crippen molar-refractivity contribution in [1.82, 2.24) is 19.9 Å². The first kappa shape index (κ1) is 19.6. The molecule has 4 heterocycles. The van der Waals surface area contributed by atoms with Crippen molar-refractivity contribution in [2.24, 2.45) is 0 Å². The lowest BCUT2D eigenvalue weighted by atomic mass is 10.0. The second kappa shape index (κ2) is 8.81. The Balaban J connectivity index is 1.39. The third-order valence-corrected chi connectivity index (χ3v) is 5.88. The van der Waals surface area contributed by atoms with Crippen LogP contribution in [0.5, 0.6) is 0 Å². The number of nitrogens with zero attached hydrogens (tertiary/aromatic N) is 4. The quantitative estimate of drug-likeness (QED) is 0.638. The SMILES string of the molecule is O=C1Cc2cnc(Nc3cccnc3)nc2-c2ccc(CCCN3CCCC3)cc2N1. The summed E-state index contributed by atoms with van der Waals surface area (Å²) in [6, 6.07) is 10.1. The Morgan fingerprint density at radius 2 is 2.03 bits per heavy atom. The van der Waals surface area contributed by atoms with Gasteiger partial charge in [0.2, 0.25) is 11.9 Å². The van der Waals surface area contributed by atoms with Gasteiger partial charge in [-0.05, 0) is 69.1 Å². The van der Waals surface area contributed by atoms with E-state index in [1.54, 1.807) is 18.6 Å². The molecule has 0 saturated carbocycles. The smallest absolute Gasteiger partial charge is 0.228 e. The summed E-state index contributed by atoms with van der Waals surface area (Å²) in [5.41, 5.74) is 5.44. The van der Waals surface area contributed by atoms with Crippen molar-refractivity contribution in [3.05, 3.63) is 60.0 Å². The molecule has 5 rings (SSSR count). The summed E-state index contributed by atoms with van der Waals surface area (Å²) >= 11 is 0. The Morgan fingerprint density at radius 3 is 2.87 bits per heavy atom. The summed E-state index contributed by atoms with van der Waals surface area (Å²) in [5.74, 6) is 0.451. The van der Waals surface area contributed by atoms with Crippen LogP contribution in [0.1, 0.15) is 30.4 Å². The molecule has 0 bridgehead atoms. The minimum absolute atomic E-state index is 0.0363. The van der Waals surface area contributed by atoms with Gasteiger partial charge in [0.25, 0.3) is 0 Å². The third-order valence-electron chi connectivity index (χ3n) is 5.88. The number of fused-ring (bicyclic) bond motifs is 3. The topological polar surface area (TPSA) is 83.0 Å². The standard InChI is InChI=1S/C24H26N6O/c31-22-14-18-15-26-24(27-19-6-3-9-25-16-19)29-23(18)20-8-7-17(13-21(20)28-22)5-4-12-30-10-1-2-11-30/h3,6-9,13,15-16H,1-2,4-5,10-12,14H2,(H,28,31)(H,26,27,29). The van der Waals surface area contributed by atoms with Crippen molar-refractivity contribution in [2.75, 3.05) is 30.3 Å². The van der Waals surface area contributed by atoms with Crippen LogP contribution in [0.25, 0.3) is 11.3 Å². The van der Waals surface area contributed by atoms with Crippen molar-refractivity contribution >= 4 is 23.2 Å². The average molecular weight is 415 g/mol. The number of amides is 1. The van der Waals surface area contributed by atoms with Gasteiger partial charge in [-0.15, -0.1) is 0 Å². The minimum Gasteiger partial charge on any atom is -0.325 e. The van der Waals surface area contributed by atoms with E-state index in [1.807, 2.05) is 12.1 Å². The Bertz CT molecular complexity index is 1080. The number of rotatable bonds is 6. The highest BCUT2D eigenvalue weighted by Crippen LogP contribution is 2.34. The molecule has 0 aliphatic carbocycles. The lowest BCUT2D eigenvalue weighted by Gasteiger charge is -2.15. The van der Waals surface area contributed by atoms with Crippen molar-refractivity contribution in [3.8, 4) is 11.3 Å². The Hall–Kier alpha value is -3.32. The van der Waals surface area contributed by atoms with Gasteiger partial charge in [-0.2, -0.15) is 0 Å². The van der Waals surface area contributed by atoms with Gasteiger partial charge in [-0.25, -0.2) is 9.97 Å². The number of pyridine rings is 1. The second-order valence-electron chi connectivity index (χ2n) is 8.19. The molecule has 0 unspecified atom stereocenters. The zero-order chi connectivity index (χ0) is 21.0. The Kier molecular flexibility index (Phi) is 5.58. The molecular weight excluding hydrogens is 388 g/mol. The number of nitrogens with one attached hydrogen (secondary N) is 2. The summed E-state index contributed by atoms with van der Waals surface area (Å²) in [4.78, 5) is 28.3. The van der Waals surface area contributed by atoms with Gasteiger partial charge in [-0.3, -0.25) is 9.78 Å². The molecule has 0 radical (unpaired) electrons. The molecule has 0 atom stereocenters. The number of hydrogen-bond acceptors (Lipinski definition) is 6. The van der Waals surface area contributed by atoms with Crippen molar-refractivity contribution in [3.63, 3.8) is 0 Å². The van der Waals surface area contributed by atoms with Crippen LogP contribution < -0.4 is 10.6 Å². The van der Waals surface area contributed by atoms with Gasteiger partial charge < -0.3 is 15.5 Å². The molecule has 2 aromatic heterocycles. The van der Waals surface area contributed by atoms with Crippen molar-refractivity contribution in [2.45, 2.75) is 32.1 Å². The molecule has 7 nitrogen and oxygen atoms in total. The fourth-order valence-electron chi connectivity index (χ4n) is 4.33. The molecule has 1 fully saturated rings. The highest BCUT2D eigenvalue weighted by molar-refractivity contribution is 6.00. The molecular formula is C24H26N6O. The van der Waals surface area contributed by atoms with Crippen LogP contribution >= 0.6 is 0 Å². The molecule has 1 saturated heterocycles. The maximum absolute atomic E-state index is 12.5. The summed E-state index contributed by atoms with van der Waals surface area (Å²) in [6.07, 6.45) is 10.2. The average Bonchev–Trinajstić information content (AvgIpc) is 3.25. The van der Waals surface area contributed by atoms with E-state index < -0.39 is 0 Å². The van der Waals surface area contributed by atoms with Gasteiger partial charge in [0.05, 0.1) is 29.7 Å². The summed E-state index contributed by atoms with van der Waals surface area (Å²) in [6.45, 7) is 3.60. The number of aryl methyl sites for hydroxylation is 1. The summed E-state index contributed by atoms with van der Waals surface area (Å²) in [5, 5.41) is 6.25. The zero-order valence-electron chi connectivity index (χ0n) is 17.5. The maximum Gasteiger partial charge on any atom is 0.228 e. The first-order valence-electron chi connectivity index (χ1n) is 10.9. The van der Waals surface area contributed by atoms with Gasteiger partial charge in [0.1, 0.15) is 0 Å². The maximum atomic E-state index is 12.5. The largest absolute Gasteiger partial charge is 0.325 e. The lowest BCUT2D eigenvalue weighted by molar-refractivity contribution is -0.115. The van der Waals surface area contributed by atoms with E-state index in [0.29, 0.717) is 5.95 Å². The summed E-state index contributed by atoms with van der Waals surface area (Å²) < 4.78 is 0. The predicted molar refractivity (Wildman–Crippen MR) is 121 cm³/mol. The molecule has 7 heteroatoms. The van der Waals surface area contributed by atoms with Crippen LogP contribution in [0.15, 0.2) is 48.9 Å². The number of likely N-dealkylation sites (tertiary alicyclic amines) is 1. The summed E-state index contributed by atoms with van der Waals surface area (Å²) in [7, 11) is 0. The number of anilines is 3. The molecule has 2 N–H and O–H groups in total. The number of hydrogen-bond donors (Lipinski definition) is 2. The van der Waals surface area contributed by atoms with Crippen LogP contribution in [0, 0.1) is 0 Å². The van der Waals surface area contributed by atoms with E-state index in [2.05, 4.69) is 43.7 Å². The van der Waals surface area contributed by atoms with Crippen molar-refractivity contribution in [1.29, 1.82) is 0 Å². The van der Waals surface area contributed by atoms with E-state index in [1.165, 1.54) is 31.5 Å². The van der Waals surface area contributed by atoms with E-state index in [0.717, 1.165) is 47.6 Å². The first-order valence-corrected chi connectivity index (χ1v) is 10.9. The van der Waals surface area contributed by atoms with Gasteiger partial charge in [-0.1, -0.05) is 12.1 Å². The minimum atomic E-state index is -0.0363. The monoisotopic (exact) mass is 414 g/mol. The molecule has 1 amide bonds. The molecule has 2 aliphatic heterocycles. The number of aromatic nitrogens is 3. The van der Waals surface area contributed by atoms with Gasteiger partial charge in [0, 0.05) is 23.5 Å². The molecule has 0 spiro atoms. The molecule has 2 aliphatic rings. The van der Waals surface area contributed by atoms with Crippen LogP contribution in [-0.4, -0.2) is 45.4 Å². The second-order valence-corrected chi connectivity index (χ2v) is 8.19. The number of carbonyl (C=O) groups excluding carboxylic acids is 1. The van der Waals surface area contributed by atoms with Crippen LogP contribution in [-0.2, 0) is 17.6 Å². The highest BCUT2D eigenvalue weighted by Gasteiger charge is 2.21. The van der Waals surface area contributed by atoms with Crippen molar-refractivity contribution < 1.29 is 4.79 Å². The normalized spacial score (nSPS) is 15.7. The lowest BCUT2D eigenvalue weighted by Crippen LogP contribution is -2.20. The molecule has 3 aromatic rings. The fraction of sp³-hybridized carbons (Fsp3) is 0.333. The van der Waals surface area contributed by atoms with E-state index in [-0.39, 0.29) is 12.3 Å². The van der Waals surface area contributed by atoms with Crippen LogP contribution in [0.2, 0.25) is 0 Å². The number of carbonyl (C=O) groups is 1. The van der Waals surface area contributed by atoms with Crippen LogP contribution in [0.3, 0.4) is 0 Å². The first-order chi connectivity index (χ1) is 15.2. The molecule has 1 aromatic carbocycles. The Morgan fingerprint density at radius 1 is 1.13 bits per heavy atom. The third kappa shape index (κ3) is 4.56. The van der Waals surface area contributed by atoms with Gasteiger partial charge in [0.15, 0.2) is 0 Å². The molecule has 158 valence electrons. The fourth-order valence-corrected chi connectivity index (χ4v) is 4.33. The zero-order valence-corrected chi connectivity index (χ0v) is 17.5. The highest BCUT2D eigenvalue weighted by atomic mass is 16.1. The van der Waals surface area contributed by atoms with E-state index >= 15 is 0 Å². The van der Waals surface area contributed by atoms with Gasteiger partial charge >= 0.3 is 0 Å². The van der Waals surface area contributed by atoms with E-state index in [9.17, 15) is 4.79 Å². The Labute approximate surface area is 181 Å².